The molecule has 432 valence electrons. The van der Waals surface area contributed by atoms with Gasteiger partial charge >= 0.3 is 5.97 Å². The molecule has 19 rings (SSSR count). The number of guanidine groups is 1. The fourth-order valence-electron chi connectivity index (χ4n) is 23.2. The number of carbonyl (C=O) groups excluding carboxylic acids is 2. The number of aliphatic hydroxyl groups excluding tert-OH is 1. The fraction of sp³-hybridized carbons (Fsp3) is 0.750. The number of hydrogen-bond donors (Lipinski definition) is 4. The maximum absolute atomic E-state index is 15.1. The van der Waals surface area contributed by atoms with Gasteiger partial charge in [-0.05, 0) is 211 Å². The van der Waals surface area contributed by atoms with E-state index >= 15 is 4.79 Å². The van der Waals surface area contributed by atoms with Crippen LogP contribution in [0, 0.1) is 63.1 Å². The Labute approximate surface area is 484 Å². The normalized spacial score (nSPS) is 43.2. The van der Waals surface area contributed by atoms with E-state index in [0.29, 0.717) is 85.1 Å². The van der Waals surface area contributed by atoms with E-state index in [9.17, 15) is 15.0 Å². The van der Waals surface area contributed by atoms with Gasteiger partial charge in [0.1, 0.15) is 16.1 Å². The average Bonchev–Trinajstić information content (AvgIpc) is 4.47. The number of phenolic OH excluding ortho intramolecular Hbond substituents is 1. The molecule has 9 saturated carbocycles. The van der Waals surface area contributed by atoms with Crippen LogP contribution in [-0.4, -0.2) is 74.0 Å². The molecular weight excluding hydrogens is 1030 g/mol. The van der Waals surface area contributed by atoms with Crippen molar-refractivity contribution in [2.24, 2.45) is 73.8 Å². The van der Waals surface area contributed by atoms with Crippen molar-refractivity contribution in [2.45, 2.75) is 234 Å². The molecule has 2 aromatic carbocycles. The molecule has 10 nitrogen and oxygen atoms in total. The number of amides is 1. The summed E-state index contributed by atoms with van der Waals surface area (Å²) < 4.78 is 14.1. The van der Waals surface area contributed by atoms with Gasteiger partial charge in [-0.3, -0.25) is 14.6 Å². The molecule has 7 heterocycles. The van der Waals surface area contributed by atoms with Crippen LogP contribution >= 0.6 is 21.6 Å². The summed E-state index contributed by atoms with van der Waals surface area (Å²) in [5.74, 6) is 4.83. The molecule has 10 aliphatic carbocycles. The van der Waals surface area contributed by atoms with Crippen LogP contribution in [0.1, 0.15) is 221 Å². The van der Waals surface area contributed by atoms with Crippen LogP contribution in [-0.2, 0) is 27.3 Å². The van der Waals surface area contributed by atoms with Crippen LogP contribution in [0.25, 0.3) is 0 Å². The highest BCUT2D eigenvalue weighted by Crippen LogP contribution is 2.72. The lowest BCUT2D eigenvalue weighted by molar-refractivity contribution is -0.202. The van der Waals surface area contributed by atoms with Crippen LogP contribution in [0.5, 0.6) is 11.5 Å². The number of aliphatic imine (C=N–C) groups is 1. The first-order chi connectivity index (χ1) is 38.8. The van der Waals surface area contributed by atoms with Crippen molar-refractivity contribution in [1.29, 1.82) is 0 Å². The number of ether oxygens (including phenoxy) is 2. The summed E-state index contributed by atoms with van der Waals surface area (Å²) in [6.07, 6.45) is 36.4. The number of phenols is 1. The Bertz CT molecular complexity index is 2800. The predicted octanol–water partition coefficient (Wildman–Crippen LogP) is 13.8. The van der Waals surface area contributed by atoms with E-state index in [1.54, 1.807) is 6.92 Å². The first-order valence-electron chi connectivity index (χ1n) is 32.6. The summed E-state index contributed by atoms with van der Waals surface area (Å²) >= 11 is 0. The van der Waals surface area contributed by atoms with Gasteiger partial charge in [-0.15, -0.1) is 0 Å². The highest BCUT2D eigenvalue weighted by atomic mass is 33.1. The summed E-state index contributed by atoms with van der Waals surface area (Å²) in [5.41, 5.74) is 10.9. The summed E-state index contributed by atoms with van der Waals surface area (Å²) in [5, 5.41) is 30.0. The minimum Gasteiger partial charge on any atom is -0.504 e. The number of esters is 1. The molecule has 80 heavy (non-hydrogen) atoms. The van der Waals surface area contributed by atoms with Crippen molar-refractivity contribution in [2.75, 3.05) is 18.8 Å². The molecule has 0 radical (unpaired) electrons. The van der Waals surface area contributed by atoms with Crippen LogP contribution in [0.3, 0.4) is 0 Å². The van der Waals surface area contributed by atoms with E-state index in [1.165, 1.54) is 114 Å². The molecule has 2 aromatic rings. The van der Waals surface area contributed by atoms with Gasteiger partial charge in [0.05, 0.1) is 6.10 Å². The third-order valence-electron chi connectivity index (χ3n) is 26.5. The second kappa shape index (κ2) is 19.9. The average molecular weight is 1130 g/mol. The Morgan fingerprint density at radius 3 is 2.36 bits per heavy atom. The van der Waals surface area contributed by atoms with Gasteiger partial charge < -0.3 is 35.6 Å². The van der Waals surface area contributed by atoms with Gasteiger partial charge in [0, 0.05) is 84.9 Å². The Morgan fingerprint density at radius 2 is 1.55 bits per heavy atom. The molecule has 1 amide bonds. The second-order valence-electron chi connectivity index (χ2n) is 29.6. The molecule has 0 aromatic heterocycles. The number of carbonyl (C=O) groups is 2. The number of nitrogens with two attached hydrogens (primary N) is 1. The molecule has 5 N–H and O–H groups in total. The molecule has 1 saturated heterocycles. The molecule has 10 fully saturated rings. The topological polar surface area (TPSA) is 147 Å². The number of nitrogens with one attached hydrogen (secondary N) is 1. The van der Waals surface area contributed by atoms with Crippen molar-refractivity contribution in [3.8, 4) is 11.5 Å². The number of aromatic hydroxyl groups is 1. The summed E-state index contributed by atoms with van der Waals surface area (Å²) in [6, 6.07) is 13.1. The number of rotatable bonds is 2. The van der Waals surface area contributed by atoms with E-state index in [-0.39, 0.29) is 62.9 Å². The SMILES string of the molecule is CC(=O)OC12CC(O)C3C(CCC1Cc1cc(c(O)c4c1C1C=CC5(CCCC5C1)O4)CN1CC4(CC1=O)C(CCC4c1ccccc1)CN=C(N)NC1(CCCC14CCCC4)SSCC1CCC3CC13CCCC31CCCC1)C2. The third-order valence-corrected chi connectivity index (χ3v) is 29.8. The van der Waals surface area contributed by atoms with Gasteiger partial charge in [-0.25, -0.2) is 0 Å². The van der Waals surface area contributed by atoms with Crippen molar-refractivity contribution >= 4 is 39.4 Å². The number of hydrogen-bond acceptors (Lipinski definition) is 11. The first-order valence-corrected chi connectivity index (χ1v) is 35.0. The third kappa shape index (κ3) is 8.17. The summed E-state index contributed by atoms with van der Waals surface area (Å²) in [7, 11) is 4.32. The largest absolute Gasteiger partial charge is 0.504 e. The van der Waals surface area contributed by atoms with Crippen molar-refractivity contribution < 1.29 is 29.3 Å². The zero-order valence-corrected chi connectivity index (χ0v) is 49.7. The number of aliphatic hydroxyl groups is 1. The molecule has 6 spiro atoms. The molecule has 15 atom stereocenters. The maximum Gasteiger partial charge on any atom is 0.303 e. The van der Waals surface area contributed by atoms with Crippen molar-refractivity contribution in [3.63, 3.8) is 0 Å². The smallest absolute Gasteiger partial charge is 0.303 e. The molecule has 12 heteroatoms. The van der Waals surface area contributed by atoms with Gasteiger partial charge in [0.2, 0.25) is 5.91 Å². The lowest BCUT2D eigenvalue weighted by Gasteiger charge is -2.59. The van der Waals surface area contributed by atoms with Gasteiger partial charge in [0.25, 0.3) is 0 Å². The Hall–Kier alpha value is -3.35. The maximum atomic E-state index is 15.1. The minimum absolute atomic E-state index is 0.00910. The zero-order valence-electron chi connectivity index (χ0n) is 48.0. The highest BCUT2D eigenvalue weighted by Gasteiger charge is 2.65. The molecular formula is C68H92N4O6S2. The minimum atomic E-state index is -0.785. The number of benzene rings is 2. The van der Waals surface area contributed by atoms with Crippen LogP contribution in [0.4, 0.5) is 0 Å². The Balaban J connectivity index is 0.843. The van der Waals surface area contributed by atoms with Crippen molar-refractivity contribution in [3.05, 3.63) is 70.8 Å². The van der Waals surface area contributed by atoms with E-state index in [0.717, 1.165) is 80.9 Å². The van der Waals surface area contributed by atoms with Crippen LogP contribution in [0.15, 0.2) is 53.5 Å². The fourth-order valence-corrected chi connectivity index (χ4v) is 27.2. The van der Waals surface area contributed by atoms with E-state index < -0.39 is 17.3 Å². The highest BCUT2D eigenvalue weighted by molar-refractivity contribution is 8.77. The lowest BCUT2D eigenvalue weighted by Crippen LogP contribution is -2.59. The standard InChI is InChI=1S/C68H92N4O6S2/c1-43(73)77-67-36-47-15-17-51(67)34-48-32-49(59(76)60-58(48)45-21-31-66(78-60)29-9-14-50(66)33-45)40-72-42-64(38-56(72)75)52(19-20-54(64)44-12-3-2-4-13-44)39-70-61(69)71-68(30-11-27-63(68)24-7-8-25-63)80-79-41-53-18-16-46(57(47)55(74)37-67)35-65(53)28-10-26-62(65)22-5-6-23-62/h2-4,12-13,21,31-32,45-47,50-55,57,74,76H,5-11,14-20,22-30,33-42H2,1H3,(H3,69,70,71). The van der Waals surface area contributed by atoms with E-state index in [4.69, 9.17) is 20.2 Å². The van der Waals surface area contributed by atoms with Gasteiger partial charge in [-0.2, -0.15) is 0 Å². The number of nitrogens with zero attached hydrogens (tertiary/aromatic N) is 2. The molecule has 12 bridgehead atoms. The predicted molar refractivity (Wildman–Crippen MR) is 318 cm³/mol. The van der Waals surface area contributed by atoms with Gasteiger partial charge in [0.15, 0.2) is 17.5 Å². The first kappa shape index (κ1) is 53.4. The van der Waals surface area contributed by atoms with E-state index in [2.05, 4.69) is 80.4 Å². The second-order valence-corrected chi connectivity index (χ2v) is 32.2. The Kier molecular flexibility index (Phi) is 13.3. The van der Waals surface area contributed by atoms with Crippen LogP contribution < -0.4 is 15.8 Å². The van der Waals surface area contributed by atoms with Crippen LogP contribution in [0.2, 0.25) is 0 Å². The van der Waals surface area contributed by atoms with Crippen molar-refractivity contribution in [1.82, 2.24) is 10.2 Å². The quantitative estimate of drug-likeness (QED) is 0.130. The van der Waals surface area contributed by atoms with E-state index in [1.807, 2.05) is 0 Å². The lowest BCUT2D eigenvalue weighted by atomic mass is 9.47. The Morgan fingerprint density at radius 1 is 0.812 bits per heavy atom. The molecule has 15 unspecified atom stereocenters. The molecule has 17 aliphatic rings. The summed E-state index contributed by atoms with van der Waals surface area (Å²) in [6.45, 7) is 3.04. The monoisotopic (exact) mass is 1120 g/mol. The van der Waals surface area contributed by atoms with Gasteiger partial charge in [-0.1, -0.05) is 90.1 Å². The number of allylic oxidation sites excluding steroid dienone is 1. The zero-order chi connectivity index (χ0) is 54.3. The summed E-state index contributed by atoms with van der Waals surface area (Å²) in [4.78, 5) is 36.0. The molecule has 7 aliphatic heterocycles.